The van der Waals surface area contributed by atoms with Gasteiger partial charge in [-0.15, -0.1) is 0 Å². The zero-order valence-corrected chi connectivity index (χ0v) is 16.0. The van der Waals surface area contributed by atoms with Crippen LogP contribution in [-0.2, 0) is 0 Å². The van der Waals surface area contributed by atoms with Crippen molar-refractivity contribution in [3.63, 3.8) is 0 Å². The van der Waals surface area contributed by atoms with Crippen LogP contribution in [-0.4, -0.2) is 42.1 Å². The van der Waals surface area contributed by atoms with Crippen LogP contribution in [0.25, 0.3) is 16.6 Å². The molecule has 1 aliphatic heterocycles. The summed E-state index contributed by atoms with van der Waals surface area (Å²) in [7, 11) is -0.417. The molecule has 2 heterocycles. The lowest BCUT2D eigenvalue weighted by molar-refractivity contribution is -0.0918. The third kappa shape index (κ3) is 3.95. The minimum absolute atomic E-state index is 0.0115. The SMILES string of the molecule is C/C(O)=C/NC1=NCC(C(F)(F)F)=C(c2c[nH]c3c(P(C)C)cccc23)N1. The smallest absolute Gasteiger partial charge is 0.416 e. The van der Waals surface area contributed by atoms with E-state index in [4.69, 9.17) is 0 Å². The molecule has 9 heteroatoms. The van der Waals surface area contributed by atoms with Gasteiger partial charge >= 0.3 is 6.18 Å². The first-order valence-corrected chi connectivity index (χ1v) is 10.4. The molecule has 27 heavy (non-hydrogen) atoms. The van der Waals surface area contributed by atoms with Gasteiger partial charge in [0.05, 0.1) is 23.3 Å². The molecule has 144 valence electrons. The standard InChI is InChI=1S/C18H20F3N4OP/c1-10(26)7-23-17-24-9-13(18(19,20)21)15(25-17)12-8-22-16-11(12)5-4-6-14(16)27(2)3/h4-8,22,26H,9H2,1-3H3,(H2,23,24,25)/b10-7-. The lowest BCUT2D eigenvalue weighted by atomic mass is 10.0. The number of aromatic amines is 1. The number of alkyl halides is 3. The molecular formula is C18H20F3N4OP. The van der Waals surface area contributed by atoms with Crippen LogP contribution in [0.3, 0.4) is 0 Å². The summed E-state index contributed by atoms with van der Waals surface area (Å²) in [6.45, 7) is 5.14. The fraction of sp³-hybridized carbons (Fsp3) is 0.278. The summed E-state index contributed by atoms with van der Waals surface area (Å²) in [5.41, 5.74) is 0.515. The molecule has 5 nitrogen and oxygen atoms in total. The maximum absolute atomic E-state index is 13.6. The van der Waals surface area contributed by atoms with Crippen molar-refractivity contribution < 1.29 is 18.3 Å². The third-order valence-corrected chi connectivity index (χ3v) is 5.48. The molecule has 0 aliphatic carbocycles. The van der Waals surface area contributed by atoms with Crippen LogP contribution in [0.15, 0.2) is 46.9 Å². The topological polar surface area (TPSA) is 72.4 Å². The second-order valence-electron chi connectivity index (χ2n) is 6.37. The molecular weight excluding hydrogens is 376 g/mol. The molecule has 0 fully saturated rings. The van der Waals surface area contributed by atoms with Gasteiger partial charge in [0, 0.05) is 23.3 Å². The van der Waals surface area contributed by atoms with Crippen molar-refractivity contribution in [1.29, 1.82) is 0 Å². The van der Waals surface area contributed by atoms with Gasteiger partial charge in [-0.05, 0) is 25.6 Å². The fourth-order valence-corrected chi connectivity index (χ4v) is 3.92. The first kappa shape index (κ1) is 19.3. The summed E-state index contributed by atoms with van der Waals surface area (Å²) in [6.07, 6.45) is -1.66. The van der Waals surface area contributed by atoms with E-state index in [1.807, 2.05) is 18.2 Å². The monoisotopic (exact) mass is 396 g/mol. The molecule has 0 radical (unpaired) electrons. The maximum atomic E-state index is 13.6. The Morgan fingerprint density at radius 3 is 2.70 bits per heavy atom. The van der Waals surface area contributed by atoms with Crippen molar-refractivity contribution in [3.05, 3.63) is 47.5 Å². The van der Waals surface area contributed by atoms with Crippen molar-refractivity contribution in [1.82, 2.24) is 15.6 Å². The Hall–Kier alpha value is -2.47. The molecule has 3 rings (SSSR count). The van der Waals surface area contributed by atoms with Gasteiger partial charge in [-0.3, -0.25) is 0 Å². The summed E-state index contributed by atoms with van der Waals surface area (Å²) in [6, 6.07) is 5.66. The number of allylic oxidation sites excluding steroid dienone is 1. The highest BCUT2D eigenvalue weighted by molar-refractivity contribution is 7.64. The summed E-state index contributed by atoms with van der Waals surface area (Å²) in [4.78, 5) is 7.02. The molecule has 0 spiro atoms. The number of hydrogen-bond acceptors (Lipinski definition) is 4. The number of aliphatic imine (C=N–C) groups is 1. The van der Waals surface area contributed by atoms with E-state index in [2.05, 4.69) is 33.9 Å². The first-order valence-electron chi connectivity index (χ1n) is 8.20. The molecule has 4 N–H and O–H groups in total. The number of aromatic nitrogens is 1. The molecule has 1 aromatic heterocycles. The number of benzene rings is 1. The molecule has 0 saturated carbocycles. The van der Waals surface area contributed by atoms with Crippen LogP contribution in [0.1, 0.15) is 12.5 Å². The van der Waals surface area contributed by atoms with Crippen LogP contribution in [0.4, 0.5) is 13.2 Å². The van der Waals surface area contributed by atoms with Crippen LogP contribution >= 0.6 is 7.92 Å². The van der Waals surface area contributed by atoms with E-state index in [0.717, 1.165) is 16.2 Å². The van der Waals surface area contributed by atoms with Gasteiger partial charge in [-0.1, -0.05) is 26.1 Å². The molecule has 0 unspecified atom stereocenters. The number of nitrogens with one attached hydrogen (secondary N) is 3. The van der Waals surface area contributed by atoms with Gasteiger partial charge in [0.1, 0.15) is 5.76 Å². The van der Waals surface area contributed by atoms with Crippen LogP contribution < -0.4 is 15.9 Å². The predicted molar refractivity (Wildman–Crippen MR) is 105 cm³/mol. The van der Waals surface area contributed by atoms with Crippen molar-refractivity contribution in [3.8, 4) is 0 Å². The average molecular weight is 396 g/mol. The molecule has 0 bridgehead atoms. The number of para-hydroxylation sites is 1. The average Bonchev–Trinajstić information content (AvgIpc) is 3.02. The quantitative estimate of drug-likeness (QED) is 0.471. The molecule has 0 saturated heterocycles. The summed E-state index contributed by atoms with van der Waals surface area (Å²) in [5, 5.41) is 16.5. The van der Waals surface area contributed by atoms with E-state index in [9.17, 15) is 18.3 Å². The van der Waals surface area contributed by atoms with E-state index < -0.39 is 26.2 Å². The molecule has 2 aromatic rings. The van der Waals surface area contributed by atoms with Gasteiger partial charge in [0.25, 0.3) is 0 Å². The van der Waals surface area contributed by atoms with Crippen molar-refractivity contribution in [2.75, 3.05) is 19.9 Å². The zero-order valence-electron chi connectivity index (χ0n) is 15.1. The number of fused-ring (bicyclic) bond motifs is 1. The minimum atomic E-state index is -4.51. The largest absolute Gasteiger partial charge is 0.511 e. The molecule has 1 aromatic carbocycles. The summed E-state index contributed by atoms with van der Waals surface area (Å²) >= 11 is 0. The van der Waals surface area contributed by atoms with Crippen molar-refractivity contribution in [2.45, 2.75) is 13.1 Å². The van der Waals surface area contributed by atoms with Gasteiger partial charge in [0.2, 0.25) is 0 Å². The number of halogens is 3. The number of nitrogens with zero attached hydrogens (tertiary/aromatic N) is 1. The first-order chi connectivity index (χ1) is 12.7. The lowest BCUT2D eigenvalue weighted by Gasteiger charge is -2.23. The van der Waals surface area contributed by atoms with E-state index in [-0.39, 0.29) is 17.4 Å². The zero-order chi connectivity index (χ0) is 19.8. The van der Waals surface area contributed by atoms with Crippen molar-refractivity contribution >= 4 is 35.8 Å². The van der Waals surface area contributed by atoms with Crippen molar-refractivity contribution in [2.24, 2.45) is 4.99 Å². The van der Waals surface area contributed by atoms with Gasteiger partial charge in [0.15, 0.2) is 5.96 Å². The number of H-pyrrole nitrogens is 1. The number of aliphatic hydroxyl groups excluding tert-OH is 1. The van der Waals surface area contributed by atoms with E-state index >= 15 is 0 Å². The minimum Gasteiger partial charge on any atom is -0.511 e. The fourth-order valence-electron chi connectivity index (χ4n) is 2.90. The van der Waals surface area contributed by atoms with Gasteiger partial charge in [-0.2, -0.15) is 13.2 Å². The Balaban J connectivity index is 2.10. The Kier molecular flexibility index (Phi) is 5.20. The summed E-state index contributed by atoms with van der Waals surface area (Å²) < 4.78 is 40.8. The van der Waals surface area contributed by atoms with E-state index in [0.29, 0.717) is 5.56 Å². The highest BCUT2D eigenvalue weighted by Crippen LogP contribution is 2.36. The Morgan fingerprint density at radius 2 is 2.07 bits per heavy atom. The summed E-state index contributed by atoms with van der Waals surface area (Å²) in [5.74, 6) is 0.132. The van der Waals surface area contributed by atoms with Gasteiger partial charge in [-0.25, -0.2) is 4.99 Å². The molecule has 1 aliphatic rings. The predicted octanol–water partition coefficient (Wildman–Crippen LogP) is 3.78. The number of rotatable bonds is 3. The van der Waals surface area contributed by atoms with Gasteiger partial charge < -0.3 is 20.7 Å². The van der Waals surface area contributed by atoms with E-state index in [1.54, 1.807) is 6.20 Å². The highest BCUT2D eigenvalue weighted by atomic mass is 31.1. The Morgan fingerprint density at radius 1 is 1.33 bits per heavy atom. The highest BCUT2D eigenvalue weighted by Gasteiger charge is 2.39. The van der Waals surface area contributed by atoms with Crippen LogP contribution in [0.5, 0.6) is 0 Å². The normalized spacial score (nSPS) is 16.0. The number of guanidine groups is 1. The van der Waals surface area contributed by atoms with Crippen LogP contribution in [0, 0.1) is 0 Å². The molecule has 0 amide bonds. The number of hydrogen-bond donors (Lipinski definition) is 4. The van der Waals surface area contributed by atoms with Crippen LogP contribution in [0.2, 0.25) is 0 Å². The Bertz CT molecular complexity index is 953. The second kappa shape index (κ2) is 7.27. The number of aliphatic hydroxyl groups is 1. The second-order valence-corrected chi connectivity index (χ2v) is 8.64. The Labute approximate surface area is 155 Å². The third-order valence-electron chi connectivity index (χ3n) is 4.15. The maximum Gasteiger partial charge on any atom is 0.416 e. The lowest BCUT2D eigenvalue weighted by Crippen LogP contribution is -2.39. The van der Waals surface area contributed by atoms with E-state index in [1.165, 1.54) is 13.1 Å². The molecule has 0 atom stereocenters.